The van der Waals surface area contributed by atoms with Crippen LogP contribution in [0.2, 0.25) is 5.02 Å². The van der Waals surface area contributed by atoms with Crippen LogP contribution >= 0.6 is 11.6 Å². The fourth-order valence-electron chi connectivity index (χ4n) is 1.83. The lowest BCUT2D eigenvalue weighted by molar-refractivity contribution is 0.266. The maximum atomic E-state index is 5.92. The molecule has 0 fully saturated rings. The van der Waals surface area contributed by atoms with E-state index in [1.54, 1.807) is 6.26 Å². The van der Waals surface area contributed by atoms with Crippen LogP contribution in [-0.4, -0.2) is 6.54 Å². The van der Waals surface area contributed by atoms with Crippen molar-refractivity contribution in [1.29, 1.82) is 0 Å². The van der Waals surface area contributed by atoms with Crippen molar-refractivity contribution >= 4 is 11.6 Å². The zero-order valence-corrected chi connectivity index (χ0v) is 12.0. The standard InChI is InChI=1S/C15H18ClNO2/c1-3-17-9-12-6-7-18-15(12)10-19-14-5-4-13(16)8-11(14)2/h4-8,17H,3,9-10H2,1-2H3. The Bertz CT molecular complexity index is 537. The lowest BCUT2D eigenvalue weighted by atomic mass is 10.2. The molecular weight excluding hydrogens is 262 g/mol. The van der Waals surface area contributed by atoms with Crippen LogP contribution in [0.15, 0.2) is 34.9 Å². The normalized spacial score (nSPS) is 10.7. The van der Waals surface area contributed by atoms with Crippen molar-refractivity contribution in [2.45, 2.75) is 27.0 Å². The van der Waals surface area contributed by atoms with E-state index in [1.165, 1.54) is 0 Å². The summed E-state index contributed by atoms with van der Waals surface area (Å²) in [5, 5.41) is 3.99. The highest BCUT2D eigenvalue weighted by Gasteiger charge is 2.08. The van der Waals surface area contributed by atoms with Crippen LogP contribution in [0.25, 0.3) is 0 Å². The lowest BCUT2D eigenvalue weighted by Gasteiger charge is -2.09. The molecule has 102 valence electrons. The number of benzene rings is 1. The zero-order chi connectivity index (χ0) is 13.7. The minimum Gasteiger partial charge on any atom is -0.485 e. The van der Waals surface area contributed by atoms with E-state index in [0.717, 1.165) is 40.7 Å². The van der Waals surface area contributed by atoms with Crippen LogP contribution in [0.4, 0.5) is 0 Å². The molecule has 0 aliphatic carbocycles. The molecule has 1 aromatic carbocycles. The molecule has 0 aliphatic rings. The highest BCUT2D eigenvalue weighted by molar-refractivity contribution is 6.30. The van der Waals surface area contributed by atoms with E-state index in [-0.39, 0.29) is 0 Å². The van der Waals surface area contributed by atoms with Crippen LogP contribution in [0, 0.1) is 6.92 Å². The maximum absolute atomic E-state index is 5.92. The molecule has 0 unspecified atom stereocenters. The smallest absolute Gasteiger partial charge is 0.146 e. The van der Waals surface area contributed by atoms with E-state index in [9.17, 15) is 0 Å². The predicted molar refractivity (Wildman–Crippen MR) is 76.6 cm³/mol. The molecule has 2 rings (SSSR count). The van der Waals surface area contributed by atoms with E-state index in [2.05, 4.69) is 12.2 Å². The molecule has 0 radical (unpaired) electrons. The Morgan fingerprint density at radius 3 is 2.89 bits per heavy atom. The molecule has 0 atom stereocenters. The molecule has 3 nitrogen and oxygen atoms in total. The Balaban J connectivity index is 2.00. The fourth-order valence-corrected chi connectivity index (χ4v) is 2.06. The molecule has 19 heavy (non-hydrogen) atoms. The molecule has 0 saturated carbocycles. The number of hydrogen-bond donors (Lipinski definition) is 1. The van der Waals surface area contributed by atoms with Crippen LogP contribution in [-0.2, 0) is 13.2 Å². The Kier molecular flexibility index (Phi) is 4.88. The molecular formula is C15H18ClNO2. The quantitative estimate of drug-likeness (QED) is 0.870. The minimum absolute atomic E-state index is 0.427. The van der Waals surface area contributed by atoms with Crippen LogP contribution in [0.5, 0.6) is 5.75 Å². The van der Waals surface area contributed by atoms with Gasteiger partial charge in [0.25, 0.3) is 0 Å². The van der Waals surface area contributed by atoms with Crippen LogP contribution in [0.1, 0.15) is 23.8 Å². The van der Waals surface area contributed by atoms with Gasteiger partial charge >= 0.3 is 0 Å². The first-order valence-electron chi connectivity index (χ1n) is 6.35. The van der Waals surface area contributed by atoms with Gasteiger partial charge in [-0.2, -0.15) is 0 Å². The highest BCUT2D eigenvalue weighted by atomic mass is 35.5. The summed E-state index contributed by atoms with van der Waals surface area (Å²) in [5.41, 5.74) is 2.15. The van der Waals surface area contributed by atoms with Crippen molar-refractivity contribution in [3.05, 3.63) is 52.4 Å². The zero-order valence-electron chi connectivity index (χ0n) is 11.2. The summed E-state index contributed by atoms with van der Waals surface area (Å²) in [6.07, 6.45) is 1.69. The maximum Gasteiger partial charge on any atom is 0.146 e. The molecule has 0 aliphatic heterocycles. The number of halogens is 1. The molecule has 0 amide bonds. The molecule has 1 heterocycles. The molecule has 0 saturated heterocycles. The van der Waals surface area contributed by atoms with E-state index in [1.807, 2.05) is 31.2 Å². The summed E-state index contributed by atoms with van der Waals surface area (Å²) >= 11 is 5.92. The second kappa shape index (κ2) is 6.64. The van der Waals surface area contributed by atoms with Gasteiger partial charge in [0.2, 0.25) is 0 Å². The summed E-state index contributed by atoms with van der Waals surface area (Å²) in [7, 11) is 0. The fraction of sp³-hybridized carbons (Fsp3) is 0.333. The third-order valence-corrected chi connectivity index (χ3v) is 3.13. The summed E-state index contributed by atoms with van der Waals surface area (Å²) in [5.74, 6) is 1.69. The first-order valence-corrected chi connectivity index (χ1v) is 6.73. The van der Waals surface area contributed by atoms with Gasteiger partial charge in [0.1, 0.15) is 18.1 Å². The number of rotatable bonds is 6. The predicted octanol–water partition coefficient (Wildman–Crippen LogP) is 3.93. The Morgan fingerprint density at radius 2 is 2.16 bits per heavy atom. The van der Waals surface area contributed by atoms with Gasteiger partial charge in [-0.25, -0.2) is 0 Å². The summed E-state index contributed by atoms with van der Waals surface area (Å²) in [6, 6.07) is 7.56. The van der Waals surface area contributed by atoms with Gasteiger partial charge in [0.15, 0.2) is 0 Å². The second-order valence-corrected chi connectivity index (χ2v) is 4.78. The van der Waals surface area contributed by atoms with Crippen molar-refractivity contribution < 1.29 is 9.15 Å². The average molecular weight is 280 g/mol. The van der Waals surface area contributed by atoms with E-state index < -0.39 is 0 Å². The van der Waals surface area contributed by atoms with Crippen molar-refractivity contribution in [3.63, 3.8) is 0 Å². The number of hydrogen-bond acceptors (Lipinski definition) is 3. The molecule has 0 spiro atoms. The monoisotopic (exact) mass is 279 g/mol. The first-order chi connectivity index (χ1) is 9.20. The summed E-state index contributed by atoms with van der Waals surface area (Å²) in [4.78, 5) is 0. The summed E-state index contributed by atoms with van der Waals surface area (Å²) in [6.45, 7) is 6.21. The Labute approximate surface area is 118 Å². The molecule has 2 aromatic rings. The van der Waals surface area contributed by atoms with Crippen LogP contribution < -0.4 is 10.1 Å². The minimum atomic E-state index is 0.427. The third-order valence-electron chi connectivity index (χ3n) is 2.90. The molecule has 1 N–H and O–H groups in total. The largest absolute Gasteiger partial charge is 0.485 e. The molecule has 0 bridgehead atoms. The van der Waals surface area contributed by atoms with Gasteiger partial charge in [0.05, 0.1) is 6.26 Å². The van der Waals surface area contributed by atoms with Gasteiger partial charge < -0.3 is 14.5 Å². The summed E-state index contributed by atoms with van der Waals surface area (Å²) < 4.78 is 11.2. The highest BCUT2D eigenvalue weighted by Crippen LogP contribution is 2.23. The van der Waals surface area contributed by atoms with E-state index in [4.69, 9.17) is 20.8 Å². The lowest BCUT2D eigenvalue weighted by Crippen LogP contribution is -2.12. The number of ether oxygens (including phenoxy) is 1. The Morgan fingerprint density at radius 1 is 1.32 bits per heavy atom. The van der Waals surface area contributed by atoms with E-state index >= 15 is 0 Å². The molecule has 1 aromatic heterocycles. The number of furan rings is 1. The number of nitrogens with one attached hydrogen (secondary N) is 1. The van der Waals surface area contributed by atoms with Gasteiger partial charge in [-0.05, 0) is 43.3 Å². The van der Waals surface area contributed by atoms with Crippen molar-refractivity contribution in [3.8, 4) is 5.75 Å². The average Bonchev–Trinajstić information content (AvgIpc) is 2.83. The third kappa shape index (κ3) is 3.75. The van der Waals surface area contributed by atoms with Crippen molar-refractivity contribution in [2.24, 2.45) is 0 Å². The van der Waals surface area contributed by atoms with Gasteiger partial charge in [-0.1, -0.05) is 18.5 Å². The van der Waals surface area contributed by atoms with Gasteiger partial charge in [0, 0.05) is 17.1 Å². The van der Waals surface area contributed by atoms with Crippen LogP contribution in [0.3, 0.4) is 0 Å². The number of aryl methyl sites for hydroxylation is 1. The first kappa shape index (κ1) is 14.0. The Hall–Kier alpha value is -1.45. The van der Waals surface area contributed by atoms with Gasteiger partial charge in [-0.15, -0.1) is 0 Å². The van der Waals surface area contributed by atoms with Crippen molar-refractivity contribution in [1.82, 2.24) is 5.32 Å². The molecule has 4 heteroatoms. The topological polar surface area (TPSA) is 34.4 Å². The van der Waals surface area contributed by atoms with E-state index in [0.29, 0.717) is 6.61 Å². The van der Waals surface area contributed by atoms with Gasteiger partial charge in [-0.3, -0.25) is 0 Å². The second-order valence-electron chi connectivity index (χ2n) is 4.35. The SMILES string of the molecule is CCNCc1ccoc1COc1ccc(Cl)cc1C. The van der Waals surface area contributed by atoms with Crippen molar-refractivity contribution in [2.75, 3.05) is 6.54 Å².